The summed E-state index contributed by atoms with van der Waals surface area (Å²) >= 11 is 0. The first-order valence-electron chi connectivity index (χ1n) is 5.65. The lowest BCUT2D eigenvalue weighted by Crippen LogP contribution is -2.24. The SMILES string of the molecule is Cc1ccc(OCC(F)(F)F)c(NCC(O)CO)c1. The van der Waals surface area contributed by atoms with Crippen molar-refractivity contribution in [2.75, 3.05) is 25.1 Å². The lowest BCUT2D eigenvalue weighted by atomic mass is 10.2. The Hall–Kier alpha value is -1.47. The third kappa shape index (κ3) is 5.80. The van der Waals surface area contributed by atoms with E-state index in [1.54, 1.807) is 19.1 Å². The molecule has 0 heterocycles. The summed E-state index contributed by atoms with van der Waals surface area (Å²) < 4.78 is 41.0. The smallest absolute Gasteiger partial charge is 0.422 e. The van der Waals surface area contributed by atoms with Crippen molar-refractivity contribution < 1.29 is 28.1 Å². The topological polar surface area (TPSA) is 61.7 Å². The summed E-state index contributed by atoms with van der Waals surface area (Å²) in [7, 11) is 0. The molecule has 0 saturated heterocycles. The average molecular weight is 279 g/mol. The first-order valence-corrected chi connectivity index (χ1v) is 5.65. The second-order valence-corrected chi connectivity index (χ2v) is 4.12. The van der Waals surface area contributed by atoms with Gasteiger partial charge in [-0.25, -0.2) is 0 Å². The van der Waals surface area contributed by atoms with Gasteiger partial charge in [-0.2, -0.15) is 13.2 Å². The highest BCUT2D eigenvalue weighted by molar-refractivity contribution is 5.58. The van der Waals surface area contributed by atoms with Crippen LogP contribution in [0.25, 0.3) is 0 Å². The van der Waals surface area contributed by atoms with Gasteiger partial charge in [0.15, 0.2) is 6.61 Å². The van der Waals surface area contributed by atoms with Crippen LogP contribution in [0.4, 0.5) is 18.9 Å². The summed E-state index contributed by atoms with van der Waals surface area (Å²) in [5.41, 5.74) is 1.18. The van der Waals surface area contributed by atoms with E-state index in [-0.39, 0.29) is 12.3 Å². The van der Waals surface area contributed by atoms with Crippen LogP contribution in [0.2, 0.25) is 0 Å². The van der Waals surface area contributed by atoms with E-state index in [9.17, 15) is 18.3 Å². The zero-order chi connectivity index (χ0) is 14.5. The van der Waals surface area contributed by atoms with Crippen LogP contribution in [0.3, 0.4) is 0 Å². The predicted molar refractivity (Wildman–Crippen MR) is 64.3 cm³/mol. The molecular weight excluding hydrogens is 263 g/mol. The number of benzene rings is 1. The molecule has 0 bridgehead atoms. The molecule has 0 spiro atoms. The number of aliphatic hydroxyl groups is 2. The number of aryl methyl sites for hydroxylation is 1. The Labute approximate surface area is 108 Å². The molecule has 3 N–H and O–H groups in total. The average Bonchev–Trinajstić information content (AvgIpc) is 2.33. The highest BCUT2D eigenvalue weighted by Gasteiger charge is 2.28. The molecule has 19 heavy (non-hydrogen) atoms. The molecule has 108 valence electrons. The Balaban J connectivity index is 2.74. The number of rotatable bonds is 6. The molecule has 0 aliphatic heterocycles. The van der Waals surface area contributed by atoms with E-state index in [1.165, 1.54) is 6.07 Å². The highest BCUT2D eigenvalue weighted by atomic mass is 19.4. The number of halogens is 3. The van der Waals surface area contributed by atoms with Crippen molar-refractivity contribution in [3.05, 3.63) is 23.8 Å². The van der Waals surface area contributed by atoms with E-state index in [0.717, 1.165) is 5.56 Å². The van der Waals surface area contributed by atoms with Crippen molar-refractivity contribution in [2.24, 2.45) is 0 Å². The second kappa shape index (κ2) is 6.63. The predicted octanol–water partition coefficient (Wildman–Crippen LogP) is 1.70. The van der Waals surface area contributed by atoms with Crippen molar-refractivity contribution in [3.8, 4) is 5.75 Å². The maximum Gasteiger partial charge on any atom is 0.422 e. The van der Waals surface area contributed by atoms with Gasteiger partial charge in [0.05, 0.1) is 18.4 Å². The van der Waals surface area contributed by atoms with Crippen LogP contribution in [-0.2, 0) is 0 Å². The van der Waals surface area contributed by atoms with Gasteiger partial charge in [0.1, 0.15) is 5.75 Å². The normalized spacial score (nSPS) is 13.2. The van der Waals surface area contributed by atoms with Gasteiger partial charge < -0.3 is 20.3 Å². The monoisotopic (exact) mass is 279 g/mol. The lowest BCUT2D eigenvalue weighted by molar-refractivity contribution is -0.153. The fourth-order valence-corrected chi connectivity index (χ4v) is 1.36. The van der Waals surface area contributed by atoms with Crippen LogP contribution in [0.1, 0.15) is 5.56 Å². The lowest BCUT2D eigenvalue weighted by Gasteiger charge is -2.16. The summed E-state index contributed by atoms with van der Waals surface area (Å²) in [6, 6.07) is 4.66. The molecule has 0 aromatic heterocycles. The zero-order valence-electron chi connectivity index (χ0n) is 10.4. The molecule has 1 atom stereocenters. The van der Waals surface area contributed by atoms with E-state index in [4.69, 9.17) is 9.84 Å². The Morgan fingerprint density at radius 3 is 2.63 bits per heavy atom. The molecule has 0 saturated carbocycles. The molecule has 4 nitrogen and oxygen atoms in total. The highest BCUT2D eigenvalue weighted by Crippen LogP contribution is 2.27. The Morgan fingerprint density at radius 2 is 2.05 bits per heavy atom. The minimum absolute atomic E-state index is 0.0162. The van der Waals surface area contributed by atoms with Crippen LogP contribution >= 0.6 is 0 Å². The molecule has 0 aliphatic rings. The summed E-state index contributed by atoms with van der Waals surface area (Å²) in [6.45, 7) is -0.0195. The van der Waals surface area contributed by atoms with Crippen molar-refractivity contribution in [3.63, 3.8) is 0 Å². The molecule has 1 unspecified atom stereocenters. The molecule has 1 rings (SSSR count). The van der Waals surface area contributed by atoms with Crippen molar-refractivity contribution in [2.45, 2.75) is 19.2 Å². The number of alkyl halides is 3. The fourth-order valence-electron chi connectivity index (χ4n) is 1.36. The van der Waals surface area contributed by atoms with Gasteiger partial charge in [-0.1, -0.05) is 6.07 Å². The summed E-state index contributed by atoms with van der Waals surface area (Å²) in [4.78, 5) is 0. The molecule has 1 aromatic rings. The number of hydrogen-bond donors (Lipinski definition) is 3. The minimum atomic E-state index is -4.41. The molecule has 0 radical (unpaired) electrons. The van der Waals surface area contributed by atoms with Gasteiger partial charge in [-0.05, 0) is 24.6 Å². The fraction of sp³-hybridized carbons (Fsp3) is 0.500. The van der Waals surface area contributed by atoms with Crippen LogP contribution in [0, 0.1) is 6.92 Å². The molecular formula is C12H16F3NO3. The quantitative estimate of drug-likeness (QED) is 0.741. The van der Waals surface area contributed by atoms with Crippen LogP contribution in [0.15, 0.2) is 18.2 Å². The van der Waals surface area contributed by atoms with Gasteiger partial charge in [-0.3, -0.25) is 0 Å². The summed E-state index contributed by atoms with van der Waals surface area (Å²) in [6.07, 6.45) is -5.40. The summed E-state index contributed by atoms with van der Waals surface area (Å²) in [5.74, 6) is 0.0491. The number of nitrogens with one attached hydrogen (secondary N) is 1. The summed E-state index contributed by atoms with van der Waals surface area (Å²) in [5, 5.41) is 20.6. The van der Waals surface area contributed by atoms with Crippen molar-refractivity contribution >= 4 is 5.69 Å². The van der Waals surface area contributed by atoms with Gasteiger partial charge in [-0.15, -0.1) is 0 Å². The Morgan fingerprint density at radius 1 is 1.37 bits per heavy atom. The maximum atomic E-state index is 12.1. The number of ether oxygens (including phenoxy) is 1. The Kier molecular flexibility index (Phi) is 5.44. The van der Waals surface area contributed by atoms with E-state index in [0.29, 0.717) is 5.69 Å². The van der Waals surface area contributed by atoms with Crippen molar-refractivity contribution in [1.29, 1.82) is 0 Å². The molecule has 7 heteroatoms. The second-order valence-electron chi connectivity index (χ2n) is 4.12. The van der Waals surface area contributed by atoms with Gasteiger partial charge >= 0.3 is 6.18 Å². The number of aliphatic hydroxyl groups excluding tert-OH is 2. The largest absolute Gasteiger partial charge is 0.482 e. The minimum Gasteiger partial charge on any atom is -0.482 e. The molecule has 0 fully saturated rings. The zero-order valence-corrected chi connectivity index (χ0v) is 10.4. The van der Waals surface area contributed by atoms with Gasteiger partial charge in [0.25, 0.3) is 0 Å². The standard InChI is InChI=1S/C12H16F3NO3/c1-8-2-3-11(19-7-12(13,14)15)10(4-8)16-5-9(18)6-17/h2-4,9,16-18H,5-7H2,1H3. The number of hydrogen-bond acceptors (Lipinski definition) is 4. The van der Waals surface area contributed by atoms with E-state index < -0.39 is 25.5 Å². The Bertz CT molecular complexity index is 410. The van der Waals surface area contributed by atoms with Crippen LogP contribution in [-0.4, -0.2) is 42.3 Å². The van der Waals surface area contributed by atoms with E-state index in [1.807, 2.05) is 0 Å². The van der Waals surface area contributed by atoms with Gasteiger partial charge in [0.2, 0.25) is 0 Å². The maximum absolute atomic E-state index is 12.1. The molecule has 0 amide bonds. The van der Waals surface area contributed by atoms with Crippen molar-refractivity contribution in [1.82, 2.24) is 0 Å². The van der Waals surface area contributed by atoms with E-state index >= 15 is 0 Å². The third-order valence-electron chi connectivity index (χ3n) is 2.27. The van der Waals surface area contributed by atoms with E-state index in [2.05, 4.69) is 5.32 Å². The molecule has 0 aliphatic carbocycles. The number of anilines is 1. The van der Waals surface area contributed by atoms with Crippen LogP contribution < -0.4 is 10.1 Å². The first-order chi connectivity index (χ1) is 8.81. The molecule has 1 aromatic carbocycles. The third-order valence-corrected chi connectivity index (χ3v) is 2.27. The van der Waals surface area contributed by atoms with Crippen LogP contribution in [0.5, 0.6) is 5.75 Å². The first kappa shape index (κ1) is 15.6. The van der Waals surface area contributed by atoms with Gasteiger partial charge in [0, 0.05) is 6.54 Å².